The molecule has 0 spiro atoms. The molecule has 1 aromatic heterocycles. The van der Waals surface area contributed by atoms with E-state index < -0.39 is 12.0 Å². The fourth-order valence-corrected chi connectivity index (χ4v) is 6.96. The van der Waals surface area contributed by atoms with Gasteiger partial charge in [0.25, 0.3) is 5.56 Å². The van der Waals surface area contributed by atoms with E-state index in [0.29, 0.717) is 37.4 Å². The predicted molar refractivity (Wildman–Crippen MR) is 176 cm³/mol. The summed E-state index contributed by atoms with van der Waals surface area (Å²) in [5, 5.41) is 2.35. The fraction of sp³-hybridized carbons (Fsp3) is 0.171. The van der Waals surface area contributed by atoms with Crippen molar-refractivity contribution in [2.45, 2.75) is 26.5 Å². The van der Waals surface area contributed by atoms with Crippen molar-refractivity contribution in [2.24, 2.45) is 4.99 Å². The van der Waals surface area contributed by atoms with Crippen molar-refractivity contribution in [3.63, 3.8) is 0 Å². The normalized spacial score (nSPS) is 14.7. The molecule has 5 aromatic rings. The van der Waals surface area contributed by atoms with Gasteiger partial charge in [0, 0.05) is 0 Å². The third-order valence-electron chi connectivity index (χ3n) is 7.46. The number of fused-ring (bicyclic) bond motifs is 2. The molecule has 2 heterocycles. The van der Waals surface area contributed by atoms with E-state index in [1.165, 1.54) is 22.1 Å². The molecule has 1 aliphatic heterocycles. The average Bonchev–Trinajstić information content (AvgIpc) is 3.33. The molecule has 0 radical (unpaired) electrons. The maximum atomic E-state index is 13.9. The number of hydrogen-bond donors (Lipinski definition) is 0. The van der Waals surface area contributed by atoms with Crippen LogP contribution >= 0.6 is 27.3 Å². The van der Waals surface area contributed by atoms with Crippen LogP contribution in [0, 0.1) is 0 Å². The Morgan fingerprint density at radius 2 is 1.82 bits per heavy atom. The van der Waals surface area contributed by atoms with Crippen molar-refractivity contribution >= 4 is 50.1 Å². The molecular formula is C35H29BrN2O5S. The van der Waals surface area contributed by atoms with E-state index in [-0.39, 0.29) is 12.2 Å². The maximum Gasteiger partial charge on any atom is 0.338 e. The molecule has 1 atom stereocenters. The largest absolute Gasteiger partial charge is 0.496 e. The maximum absolute atomic E-state index is 13.9. The Bertz CT molecular complexity index is 2090. The number of thiazole rings is 1. The molecule has 7 nitrogen and oxygen atoms in total. The van der Waals surface area contributed by atoms with Gasteiger partial charge in [-0.25, -0.2) is 9.79 Å². The molecule has 44 heavy (non-hydrogen) atoms. The molecule has 4 aromatic carbocycles. The van der Waals surface area contributed by atoms with Crippen molar-refractivity contribution in [2.75, 3.05) is 13.7 Å². The number of rotatable bonds is 8. The van der Waals surface area contributed by atoms with Gasteiger partial charge in [-0.3, -0.25) is 9.36 Å². The third-order valence-corrected chi connectivity index (χ3v) is 9.06. The number of esters is 1. The summed E-state index contributed by atoms with van der Waals surface area (Å²) in [6.07, 6.45) is 1.84. The number of carbonyl (C=O) groups is 1. The van der Waals surface area contributed by atoms with Crippen LogP contribution in [0.15, 0.2) is 110 Å². The zero-order chi connectivity index (χ0) is 30.8. The van der Waals surface area contributed by atoms with E-state index in [4.69, 9.17) is 14.2 Å². The zero-order valence-corrected chi connectivity index (χ0v) is 26.8. The van der Waals surface area contributed by atoms with Crippen LogP contribution in [-0.2, 0) is 16.1 Å². The first-order chi connectivity index (χ1) is 21.4. The average molecular weight is 670 g/mol. The number of aromatic nitrogens is 1. The highest BCUT2D eigenvalue weighted by Gasteiger charge is 2.33. The lowest BCUT2D eigenvalue weighted by Gasteiger charge is -2.25. The number of benzene rings is 4. The summed E-state index contributed by atoms with van der Waals surface area (Å²) in [6, 6.07) is 26.9. The number of ether oxygens (including phenoxy) is 3. The standard InChI is InChI=1S/C35H29BrN2O5S/c1-4-42-34(40)31-21(2)37-35-38(32(31)24-14-17-29(41-3)28(36)19-24)33(39)30(44-35)18-22-12-15-26(16-13-22)43-20-25-10-7-9-23-8-5-6-11-27(23)25/h5-19,32H,4,20H2,1-3H3/b30-18+/t32-/m1/s1. The summed E-state index contributed by atoms with van der Waals surface area (Å²) < 4.78 is 19.7. The summed E-state index contributed by atoms with van der Waals surface area (Å²) >= 11 is 4.83. The summed E-state index contributed by atoms with van der Waals surface area (Å²) in [4.78, 5) is 32.2. The van der Waals surface area contributed by atoms with Gasteiger partial charge in [0.15, 0.2) is 4.80 Å². The highest BCUT2D eigenvalue weighted by Crippen LogP contribution is 2.35. The third kappa shape index (κ3) is 5.73. The molecule has 0 aliphatic carbocycles. The van der Waals surface area contributed by atoms with Crippen LogP contribution in [0.2, 0.25) is 0 Å². The minimum absolute atomic E-state index is 0.209. The van der Waals surface area contributed by atoms with Crippen LogP contribution in [0.25, 0.3) is 16.8 Å². The second kappa shape index (κ2) is 12.6. The summed E-state index contributed by atoms with van der Waals surface area (Å²) in [5.41, 5.74) is 3.30. The Morgan fingerprint density at radius 1 is 1.05 bits per heavy atom. The number of nitrogens with zero attached hydrogens (tertiary/aromatic N) is 2. The summed E-state index contributed by atoms with van der Waals surface area (Å²) in [5.74, 6) is 0.875. The molecular weight excluding hydrogens is 640 g/mol. The van der Waals surface area contributed by atoms with Crippen LogP contribution in [0.3, 0.4) is 0 Å². The van der Waals surface area contributed by atoms with E-state index >= 15 is 0 Å². The van der Waals surface area contributed by atoms with E-state index in [1.807, 2.05) is 60.7 Å². The Morgan fingerprint density at radius 3 is 2.57 bits per heavy atom. The lowest BCUT2D eigenvalue weighted by Crippen LogP contribution is -2.39. The highest BCUT2D eigenvalue weighted by atomic mass is 79.9. The first kappa shape index (κ1) is 29.6. The molecule has 0 bridgehead atoms. The van der Waals surface area contributed by atoms with Gasteiger partial charge in [-0.15, -0.1) is 0 Å². The van der Waals surface area contributed by atoms with Crippen molar-refractivity contribution in [1.29, 1.82) is 0 Å². The van der Waals surface area contributed by atoms with Gasteiger partial charge in [-0.2, -0.15) is 0 Å². The van der Waals surface area contributed by atoms with Crippen molar-refractivity contribution in [3.8, 4) is 11.5 Å². The molecule has 0 fully saturated rings. The number of halogens is 1. The van der Waals surface area contributed by atoms with Gasteiger partial charge in [0.1, 0.15) is 18.1 Å². The molecule has 222 valence electrons. The van der Waals surface area contributed by atoms with E-state index in [0.717, 1.165) is 22.4 Å². The summed E-state index contributed by atoms with van der Waals surface area (Å²) in [6.45, 7) is 4.18. The molecule has 0 saturated carbocycles. The molecule has 0 N–H and O–H groups in total. The van der Waals surface area contributed by atoms with Crippen molar-refractivity contribution in [3.05, 3.63) is 137 Å². The number of allylic oxidation sites excluding steroid dienone is 1. The SMILES string of the molecule is CCOC(=O)C1=C(C)N=c2s/c(=C/c3ccc(OCc4cccc5ccccc45)cc3)c(=O)n2[C@@H]1c1ccc(OC)c(Br)c1. The minimum Gasteiger partial charge on any atom is -0.496 e. The van der Waals surface area contributed by atoms with Gasteiger partial charge in [0.2, 0.25) is 0 Å². The van der Waals surface area contributed by atoms with Crippen LogP contribution in [0.1, 0.15) is 36.6 Å². The highest BCUT2D eigenvalue weighted by molar-refractivity contribution is 9.10. The van der Waals surface area contributed by atoms with Crippen LogP contribution < -0.4 is 24.4 Å². The van der Waals surface area contributed by atoms with Gasteiger partial charge < -0.3 is 14.2 Å². The monoisotopic (exact) mass is 668 g/mol. The number of hydrogen-bond acceptors (Lipinski definition) is 7. The van der Waals surface area contributed by atoms with Gasteiger partial charge >= 0.3 is 5.97 Å². The van der Waals surface area contributed by atoms with E-state index in [1.54, 1.807) is 31.6 Å². The van der Waals surface area contributed by atoms with Gasteiger partial charge in [0.05, 0.1) is 40.0 Å². The molecule has 9 heteroatoms. The topological polar surface area (TPSA) is 79.1 Å². The molecule has 0 amide bonds. The van der Waals surface area contributed by atoms with Crippen LogP contribution in [0.5, 0.6) is 11.5 Å². The minimum atomic E-state index is -0.709. The molecule has 0 saturated heterocycles. The van der Waals surface area contributed by atoms with Crippen LogP contribution in [-0.4, -0.2) is 24.3 Å². The zero-order valence-electron chi connectivity index (χ0n) is 24.4. The number of methoxy groups -OCH3 is 1. The van der Waals surface area contributed by atoms with E-state index in [2.05, 4.69) is 45.2 Å². The Labute approximate surface area is 266 Å². The first-order valence-corrected chi connectivity index (χ1v) is 15.7. The Balaban J connectivity index is 1.33. The second-order valence-electron chi connectivity index (χ2n) is 10.2. The quantitative estimate of drug-likeness (QED) is 0.181. The lowest BCUT2D eigenvalue weighted by atomic mass is 9.96. The Kier molecular flexibility index (Phi) is 8.50. The number of carbonyl (C=O) groups excluding carboxylic acids is 1. The Hall–Kier alpha value is -4.47. The first-order valence-electron chi connectivity index (χ1n) is 14.1. The molecule has 1 aliphatic rings. The smallest absolute Gasteiger partial charge is 0.338 e. The van der Waals surface area contributed by atoms with Crippen LogP contribution in [0.4, 0.5) is 0 Å². The fourth-order valence-electron chi connectivity index (χ4n) is 5.35. The van der Waals surface area contributed by atoms with E-state index in [9.17, 15) is 9.59 Å². The second-order valence-corrected chi connectivity index (χ2v) is 12.1. The van der Waals surface area contributed by atoms with Gasteiger partial charge in [-0.1, -0.05) is 72.0 Å². The van der Waals surface area contributed by atoms with Gasteiger partial charge in [-0.05, 0) is 87.6 Å². The van der Waals surface area contributed by atoms with Crippen molar-refractivity contribution < 1.29 is 19.0 Å². The predicted octanol–water partition coefficient (Wildman–Crippen LogP) is 6.30. The molecule has 0 unspecified atom stereocenters. The molecule has 6 rings (SSSR count). The van der Waals surface area contributed by atoms with Crippen molar-refractivity contribution in [1.82, 2.24) is 4.57 Å². The lowest BCUT2D eigenvalue weighted by molar-refractivity contribution is -0.139. The summed E-state index contributed by atoms with van der Waals surface area (Å²) in [7, 11) is 1.58.